The molecule has 1 amide bonds. The summed E-state index contributed by atoms with van der Waals surface area (Å²) >= 11 is 0. The van der Waals surface area contributed by atoms with E-state index < -0.39 is 24.0 Å². The normalized spacial score (nSPS) is 13.7. The topological polar surface area (TPSA) is 107 Å². The van der Waals surface area contributed by atoms with Crippen molar-refractivity contribution in [1.29, 1.82) is 0 Å². The van der Waals surface area contributed by atoms with Crippen molar-refractivity contribution in [2.75, 3.05) is 0 Å². The molecule has 6 nitrogen and oxygen atoms in total. The maximum absolute atomic E-state index is 11.6. The second-order valence-electron chi connectivity index (χ2n) is 3.97. The lowest BCUT2D eigenvalue weighted by molar-refractivity contribution is -0.144. The van der Waals surface area contributed by atoms with E-state index in [0.717, 1.165) is 0 Å². The number of carbonyl (C=O) groups excluding carboxylic acids is 1. The first-order valence-electron chi connectivity index (χ1n) is 5.38. The van der Waals surface area contributed by atoms with Crippen molar-refractivity contribution >= 4 is 11.9 Å². The Hall–Kier alpha value is -2.08. The number of hydrogen-bond acceptors (Lipinski definition) is 4. The maximum atomic E-state index is 11.6. The minimum absolute atomic E-state index is 0.0171. The monoisotopic (exact) mass is 253 g/mol. The van der Waals surface area contributed by atoms with E-state index in [1.54, 1.807) is 12.1 Å². The van der Waals surface area contributed by atoms with Gasteiger partial charge in [0.2, 0.25) is 5.91 Å². The van der Waals surface area contributed by atoms with Crippen LogP contribution in [0.4, 0.5) is 0 Å². The molecule has 0 bridgehead atoms. The highest BCUT2D eigenvalue weighted by atomic mass is 16.4. The molecule has 0 radical (unpaired) electrons. The van der Waals surface area contributed by atoms with E-state index in [4.69, 9.17) is 10.2 Å². The quantitative estimate of drug-likeness (QED) is 0.585. The van der Waals surface area contributed by atoms with Crippen LogP contribution in [-0.2, 0) is 16.0 Å². The number of phenols is 1. The van der Waals surface area contributed by atoms with Crippen molar-refractivity contribution in [2.24, 2.45) is 0 Å². The molecule has 1 rings (SSSR count). The van der Waals surface area contributed by atoms with E-state index in [0.29, 0.717) is 5.56 Å². The van der Waals surface area contributed by atoms with Crippen molar-refractivity contribution in [3.05, 3.63) is 29.8 Å². The summed E-state index contributed by atoms with van der Waals surface area (Å²) in [6.45, 7) is 1.29. The van der Waals surface area contributed by atoms with E-state index >= 15 is 0 Å². The first kappa shape index (κ1) is 14.0. The molecule has 0 fully saturated rings. The van der Waals surface area contributed by atoms with Crippen LogP contribution in [0.25, 0.3) is 0 Å². The van der Waals surface area contributed by atoms with Gasteiger partial charge in [-0.25, -0.2) is 4.79 Å². The molecule has 4 N–H and O–H groups in total. The Bertz CT molecular complexity index is 427. The standard InChI is InChI=1S/C12H15NO5/c1-7(14)11(12(17)18)13-10(16)6-8-2-4-9(15)5-3-8/h2-5,7,11,14-15H,6H2,1H3,(H,13,16)(H,17,18). The lowest BCUT2D eigenvalue weighted by Crippen LogP contribution is -2.48. The fourth-order valence-corrected chi connectivity index (χ4v) is 1.41. The smallest absolute Gasteiger partial charge is 0.328 e. The molecule has 0 saturated carbocycles. The van der Waals surface area contributed by atoms with Crippen LogP contribution >= 0.6 is 0 Å². The largest absolute Gasteiger partial charge is 0.508 e. The molecule has 0 spiro atoms. The second-order valence-corrected chi connectivity index (χ2v) is 3.97. The summed E-state index contributed by atoms with van der Waals surface area (Å²) in [5, 5.41) is 29.3. The van der Waals surface area contributed by atoms with Gasteiger partial charge >= 0.3 is 5.97 Å². The van der Waals surface area contributed by atoms with Crippen molar-refractivity contribution in [2.45, 2.75) is 25.5 Å². The minimum atomic E-state index is -1.32. The zero-order valence-electron chi connectivity index (χ0n) is 9.83. The predicted molar refractivity (Wildman–Crippen MR) is 63.1 cm³/mol. The van der Waals surface area contributed by atoms with Crippen molar-refractivity contribution < 1.29 is 24.9 Å². The van der Waals surface area contributed by atoms with Crippen LogP contribution in [0.3, 0.4) is 0 Å². The third-order valence-electron chi connectivity index (χ3n) is 2.37. The molecular weight excluding hydrogens is 238 g/mol. The number of nitrogens with one attached hydrogen (secondary N) is 1. The Balaban J connectivity index is 2.60. The predicted octanol–water partition coefficient (Wildman–Crippen LogP) is -0.115. The van der Waals surface area contributed by atoms with Crippen molar-refractivity contribution in [3.63, 3.8) is 0 Å². The lowest BCUT2D eigenvalue weighted by atomic mass is 10.1. The Morgan fingerprint density at radius 1 is 1.28 bits per heavy atom. The SMILES string of the molecule is CC(O)C(NC(=O)Cc1ccc(O)cc1)C(=O)O. The van der Waals surface area contributed by atoms with Crippen LogP contribution in [0.2, 0.25) is 0 Å². The third kappa shape index (κ3) is 4.06. The van der Waals surface area contributed by atoms with E-state index in [-0.39, 0.29) is 12.2 Å². The molecule has 98 valence electrons. The van der Waals surface area contributed by atoms with Crippen molar-refractivity contribution in [1.82, 2.24) is 5.32 Å². The summed E-state index contributed by atoms with van der Waals surface area (Å²) in [4.78, 5) is 22.3. The number of aliphatic carboxylic acids is 1. The number of aliphatic hydroxyl groups excluding tert-OH is 1. The Morgan fingerprint density at radius 3 is 2.28 bits per heavy atom. The molecule has 18 heavy (non-hydrogen) atoms. The van der Waals surface area contributed by atoms with Gasteiger partial charge in [0, 0.05) is 0 Å². The molecular formula is C12H15NO5. The summed E-state index contributed by atoms with van der Waals surface area (Å²) in [5.41, 5.74) is 0.639. The summed E-state index contributed by atoms with van der Waals surface area (Å²) in [7, 11) is 0. The van der Waals surface area contributed by atoms with Gasteiger partial charge < -0.3 is 20.6 Å². The van der Waals surface area contributed by atoms with E-state index in [2.05, 4.69) is 5.32 Å². The van der Waals surface area contributed by atoms with E-state index in [9.17, 15) is 14.7 Å². The van der Waals surface area contributed by atoms with Crippen LogP contribution in [0, 0.1) is 0 Å². The van der Waals surface area contributed by atoms with Crippen LogP contribution in [-0.4, -0.2) is 39.3 Å². The van der Waals surface area contributed by atoms with Gasteiger partial charge in [0.05, 0.1) is 12.5 Å². The molecule has 0 heterocycles. The van der Waals surface area contributed by atoms with Gasteiger partial charge in [0.25, 0.3) is 0 Å². The molecule has 0 saturated heterocycles. The third-order valence-corrected chi connectivity index (χ3v) is 2.37. The van der Waals surface area contributed by atoms with E-state index in [1.807, 2.05) is 0 Å². The van der Waals surface area contributed by atoms with E-state index in [1.165, 1.54) is 19.1 Å². The molecule has 2 atom stereocenters. The van der Waals surface area contributed by atoms with Crippen molar-refractivity contribution in [3.8, 4) is 5.75 Å². The van der Waals surface area contributed by atoms with Crippen LogP contribution in [0.5, 0.6) is 5.75 Å². The van der Waals surface area contributed by atoms with Gasteiger partial charge in [0.15, 0.2) is 6.04 Å². The zero-order chi connectivity index (χ0) is 13.7. The fourth-order valence-electron chi connectivity index (χ4n) is 1.41. The molecule has 0 aliphatic heterocycles. The number of carboxylic acids is 1. The fraction of sp³-hybridized carbons (Fsp3) is 0.333. The lowest BCUT2D eigenvalue weighted by Gasteiger charge is -2.16. The van der Waals surface area contributed by atoms with Gasteiger partial charge in [0.1, 0.15) is 5.75 Å². The van der Waals surface area contributed by atoms with Gasteiger partial charge in [-0.3, -0.25) is 4.79 Å². The highest BCUT2D eigenvalue weighted by Crippen LogP contribution is 2.10. The number of rotatable bonds is 5. The van der Waals surface area contributed by atoms with Gasteiger partial charge in [-0.15, -0.1) is 0 Å². The average Bonchev–Trinajstić information content (AvgIpc) is 2.28. The number of amides is 1. The average molecular weight is 253 g/mol. The molecule has 6 heteroatoms. The minimum Gasteiger partial charge on any atom is -0.508 e. The molecule has 0 aliphatic carbocycles. The number of carboxylic acid groups (broad SMARTS) is 1. The molecule has 0 aliphatic rings. The number of phenolic OH excluding ortho intramolecular Hbond substituents is 1. The number of hydrogen-bond donors (Lipinski definition) is 4. The summed E-state index contributed by atoms with van der Waals surface area (Å²) in [6.07, 6.45) is -1.19. The Morgan fingerprint density at radius 2 is 1.83 bits per heavy atom. The molecule has 1 aromatic rings. The first-order chi connectivity index (χ1) is 8.40. The van der Waals surface area contributed by atoms with Gasteiger partial charge in [-0.1, -0.05) is 12.1 Å². The van der Waals surface area contributed by atoms with Crippen LogP contribution < -0.4 is 5.32 Å². The highest BCUT2D eigenvalue weighted by molar-refractivity contribution is 5.85. The first-order valence-corrected chi connectivity index (χ1v) is 5.38. The number of aromatic hydroxyl groups is 1. The summed E-state index contributed by atoms with van der Waals surface area (Å²) in [6, 6.07) is 4.67. The molecule has 2 unspecified atom stereocenters. The highest BCUT2D eigenvalue weighted by Gasteiger charge is 2.24. The van der Waals surface area contributed by atoms with Crippen LogP contribution in [0.15, 0.2) is 24.3 Å². The maximum Gasteiger partial charge on any atom is 0.328 e. The summed E-state index contributed by atoms with van der Waals surface area (Å²) in [5.74, 6) is -1.70. The Labute approximate surface area is 104 Å². The Kier molecular flexibility index (Phi) is 4.67. The summed E-state index contributed by atoms with van der Waals surface area (Å²) < 4.78 is 0. The molecule has 0 aromatic heterocycles. The zero-order valence-corrected chi connectivity index (χ0v) is 9.83. The molecule has 1 aromatic carbocycles. The number of aliphatic hydroxyl groups is 1. The number of benzene rings is 1. The van der Waals surface area contributed by atoms with Crippen LogP contribution in [0.1, 0.15) is 12.5 Å². The number of carbonyl (C=O) groups is 2. The van der Waals surface area contributed by atoms with Gasteiger partial charge in [-0.2, -0.15) is 0 Å². The second kappa shape index (κ2) is 6.02. The van der Waals surface area contributed by atoms with Gasteiger partial charge in [-0.05, 0) is 24.6 Å².